The summed E-state index contributed by atoms with van der Waals surface area (Å²) in [6.45, 7) is 2.62. The van der Waals surface area contributed by atoms with Gasteiger partial charge in [0.05, 0.1) is 0 Å². The number of ether oxygens (including phenoxy) is 1. The van der Waals surface area contributed by atoms with E-state index in [0.29, 0.717) is 17.2 Å². The minimum Gasteiger partial charge on any atom is -0.507 e. The van der Waals surface area contributed by atoms with Gasteiger partial charge >= 0.3 is 0 Å². The first-order chi connectivity index (χ1) is 13.8. The number of hydrogen-bond acceptors (Lipinski definition) is 5. The first-order valence-electron chi connectivity index (χ1n) is 9.29. The quantitative estimate of drug-likeness (QED) is 0.796. The SMILES string of the molecule is Cc1ccc(O)c(S(=O)(=O)N2CCN(C(=O)C3Cc4cc(Cl)ccc4O3)CC2)c1. The first-order valence-corrected chi connectivity index (χ1v) is 11.1. The average molecular weight is 437 g/mol. The van der Waals surface area contributed by atoms with Crippen LogP contribution in [0.25, 0.3) is 0 Å². The van der Waals surface area contributed by atoms with Crippen molar-refractivity contribution in [2.45, 2.75) is 24.3 Å². The molecule has 2 aromatic rings. The lowest BCUT2D eigenvalue weighted by Crippen LogP contribution is -2.53. The number of hydrogen-bond donors (Lipinski definition) is 1. The molecule has 1 fully saturated rings. The zero-order valence-electron chi connectivity index (χ0n) is 15.8. The van der Waals surface area contributed by atoms with Gasteiger partial charge in [0, 0.05) is 37.6 Å². The molecule has 0 aromatic heterocycles. The van der Waals surface area contributed by atoms with Crippen LogP contribution in [0.4, 0.5) is 0 Å². The normalized spacial score (nSPS) is 19.7. The summed E-state index contributed by atoms with van der Waals surface area (Å²) in [6, 6.07) is 9.75. The maximum atomic E-state index is 12.9. The summed E-state index contributed by atoms with van der Waals surface area (Å²) in [7, 11) is -3.83. The van der Waals surface area contributed by atoms with Gasteiger partial charge < -0.3 is 14.7 Å². The molecular weight excluding hydrogens is 416 g/mol. The van der Waals surface area contributed by atoms with E-state index >= 15 is 0 Å². The van der Waals surface area contributed by atoms with Crippen LogP contribution in [-0.2, 0) is 21.2 Å². The third-order valence-corrected chi connectivity index (χ3v) is 7.42. The Bertz CT molecular complexity index is 1060. The van der Waals surface area contributed by atoms with Crippen LogP contribution in [0.1, 0.15) is 11.1 Å². The van der Waals surface area contributed by atoms with E-state index < -0.39 is 16.1 Å². The fraction of sp³-hybridized carbons (Fsp3) is 0.350. The first kappa shape index (κ1) is 20.0. The van der Waals surface area contributed by atoms with Gasteiger partial charge in [0.1, 0.15) is 16.4 Å². The van der Waals surface area contributed by atoms with Crippen molar-refractivity contribution in [2.75, 3.05) is 26.2 Å². The minimum atomic E-state index is -3.83. The van der Waals surface area contributed by atoms with E-state index in [1.165, 1.54) is 16.4 Å². The summed E-state index contributed by atoms with van der Waals surface area (Å²) in [4.78, 5) is 14.4. The Morgan fingerprint density at radius 1 is 1.14 bits per heavy atom. The van der Waals surface area contributed by atoms with Gasteiger partial charge in [-0.1, -0.05) is 17.7 Å². The molecule has 1 N–H and O–H groups in total. The smallest absolute Gasteiger partial charge is 0.264 e. The minimum absolute atomic E-state index is 0.108. The molecule has 2 aromatic carbocycles. The van der Waals surface area contributed by atoms with Crippen molar-refractivity contribution >= 4 is 27.5 Å². The predicted molar refractivity (Wildman–Crippen MR) is 108 cm³/mol. The highest BCUT2D eigenvalue weighted by Crippen LogP contribution is 2.32. The Morgan fingerprint density at radius 3 is 2.59 bits per heavy atom. The number of halogens is 1. The third-order valence-electron chi connectivity index (χ3n) is 5.26. The number of carbonyl (C=O) groups excluding carboxylic acids is 1. The standard InChI is InChI=1S/C20H21ClN2O5S/c1-13-2-4-16(24)19(10-13)29(26,27)23-8-6-22(7-9-23)20(25)18-12-14-11-15(21)3-5-17(14)28-18/h2-5,10-11,18,24H,6-9,12H2,1H3. The zero-order valence-corrected chi connectivity index (χ0v) is 17.4. The molecule has 0 aliphatic carbocycles. The Kier molecular flexibility index (Phi) is 5.18. The number of benzene rings is 2. The van der Waals surface area contributed by atoms with E-state index in [4.69, 9.17) is 16.3 Å². The van der Waals surface area contributed by atoms with E-state index in [1.54, 1.807) is 36.1 Å². The Morgan fingerprint density at radius 2 is 1.86 bits per heavy atom. The summed E-state index contributed by atoms with van der Waals surface area (Å²) < 4.78 is 32.9. The van der Waals surface area contributed by atoms with E-state index in [0.717, 1.165) is 11.1 Å². The number of piperazine rings is 1. The number of aromatic hydroxyl groups is 1. The molecule has 1 atom stereocenters. The summed E-state index contributed by atoms with van der Waals surface area (Å²) in [6.07, 6.45) is -0.169. The van der Waals surface area contributed by atoms with Crippen molar-refractivity contribution in [3.63, 3.8) is 0 Å². The van der Waals surface area contributed by atoms with Crippen LogP contribution in [-0.4, -0.2) is 60.9 Å². The molecule has 154 valence electrons. The second-order valence-corrected chi connectivity index (χ2v) is 9.61. The van der Waals surface area contributed by atoms with E-state index in [9.17, 15) is 18.3 Å². The van der Waals surface area contributed by atoms with Crippen molar-refractivity contribution in [1.82, 2.24) is 9.21 Å². The van der Waals surface area contributed by atoms with Gasteiger partial charge in [-0.05, 0) is 48.4 Å². The molecule has 7 nitrogen and oxygen atoms in total. The van der Waals surface area contributed by atoms with Gasteiger partial charge in [0.15, 0.2) is 6.10 Å². The van der Waals surface area contributed by atoms with Crippen molar-refractivity contribution in [2.24, 2.45) is 0 Å². The summed E-state index contributed by atoms with van der Waals surface area (Å²) in [5.74, 6) is 0.224. The van der Waals surface area contributed by atoms with Gasteiger partial charge in [-0.15, -0.1) is 0 Å². The zero-order chi connectivity index (χ0) is 20.8. The molecular formula is C20H21ClN2O5S. The number of phenolic OH excluding ortho intramolecular Hbond substituents is 1. The second-order valence-electron chi connectivity index (χ2n) is 7.26. The summed E-state index contributed by atoms with van der Waals surface area (Å²) >= 11 is 6.00. The molecule has 2 aliphatic heterocycles. The lowest BCUT2D eigenvalue weighted by atomic mass is 10.1. The van der Waals surface area contributed by atoms with Gasteiger partial charge in [0.25, 0.3) is 5.91 Å². The molecule has 2 heterocycles. The van der Waals surface area contributed by atoms with E-state index in [1.807, 2.05) is 0 Å². The molecule has 29 heavy (non-hydrogen) atoms. The maximum Gasteiger partial charge on any atom is 0.264 e. The molecule has 4 rings (SSSR count). The lowest BCUT2D eigenvalue weighted by molar-refractivity contribution is -0.139. The number of fused-ring (bicyclic) bond motifs is 1. The molecule has 0 bridgehead atoms. The number of rotatable bonds is 3. The molecule has 1 amide bonds. The lowest BCUT2D eigenvalue weighted by Gasteiger charge is -2.35. The third kappa shape index (κ3) is 3.80. The topological polar surface area (TPSA) is 87.2 Å². The van der Waals surface area contributed by atoms with E-state index in [-0.39, 0.29) is 42.7 Å². The van der Waals surface area contributed by atoms with Crippen LogP contribution in [0, 0.1) is 6.92 Å². The Labute approximate surface area is 174 Å². The fourth-order valence-corrected chi connectivity index (χ4v) is 5.46. The molecule has 1 unspecified atom stereocenters. The Balaban J connectivity index is 1.42. The highest BCUT2D eigenvalue weighted by atomic mass is 35.5. The van der Waals surface area contributed by atoms with E-state index in [2.05, 4.69) is 0 Å². The number of nitrogens with zero attached hydrogens (tertiary/aromatic N) is 2. The maximum absolute atomic E-state index is 12.9. The molecule has 0 saturated carbocycles. The van der Waals surface area contributed by atoms with Crippen molar-refractivity contribution in [3.05, 3.63) is 52.5 Å². The molecule has 0 spiro atoms. The number of phenols is 1. The average Bonchev–Trinajstić information content (AvgIpc) is 3.12. The molecule has 1 saturated heterocycles. The van der Waals surface area contributed by atoms with Crippen LogP contribution in [0.5, 0.6) is 11.5 Å². The van der Waals surface area contributed by atoms with Crippen LogP contribution in [0.2, 0.25) is 5.02 Å². The van der Waals surface area contributed by atoms with Gasteiger partial charge in [-0.2, -0.15) is 4.31 Å². The van der Waals surface area contributed by atoms with Crippen molar-refractivity contribution < 1.29 is 23.1 Å². The van der Waals surface area contributed by atoms with Crippen LogP contribution in [0.15, 0.2) is 41.3 Å². The number of carbonyl (C=O) groups is 1. The molecule has 0 radical (unpaired) electrons. The highest BCUT2D eigenvalue weighted by Gasteiger charge is 2.36. The molecule has 2 aliphatic rings. The van der Waals surface area contributed by atoms with Crippen LogP contribution in [0.3, 0.4) is 0 Å². The fourth-order valence-electron chi connectivity index (χ4n) is 3.67. The second kappa shape index (κ2) is 7.51. The summed E-state index contributed by atoms with van der Waals surface area (Å²) in [5.41, 5.74) is 1.64. The summed E-state index contributed by atoms with van der Waals surface area (Å²) in [5, 5.41) is 10.6. The van der Waals surface area contributed by atoms with Crippen molar-refractivity contribution in [1.29, 1.82) is 0 Å². The van der Waals surface area contributed by atoms with Crippen molar-refractivity contribution in [3.8, 4) is 11.5 Å². The highest BCUT2D eigenvalue weighted by molar-refractivity contribution is 7.89. The molecule has 9 heteroatoms. The predicted octanol–water partition coefficient (Wildman–Crippen LogP) is 2.19. The number of aryl methyl sites for hydroxylation is 1. The van der Waals surface area contributed by atoms with Gasteiger partial charge in [-0.25, -0.2) is 8.42 Å². The van der Waals surface area contributed by atoms with Crippen LogP contribution < -0.4 is 4.74 Å². The monoisotopic (exact) mass is 436 g/mol. The Hall–Kier alpha value is -2.29. The largest absolute Gasteiger partial charge is 0.507 e. The van der Waals surface area contributed by atoms with Gasteiger partial charge in [-0.3, -0.25) is 4.79 Å². The van der Waals surface area contributed by atoms with Crippen LogP contribution >= 0.6 is 11.6 Å². The van der Waals surface area contributed by atoms with Gasteiger partial charge in [0.2, 0.25) is 10.0 Å². The number of amides is 1. The number of sulfonamides is 1.